The monoisotopic (exact) mass is 261 g/mol. The normalized spacial score (nSPS) is 18.1. The van der Waals surface area contributed by atoms with Crippen LogP contribution in [0.25, 0.3) is 0 Å². The van der Waals surface area contributed by atoms with E-state index in [4.69, 9.17) is 4.74 Å². The summed E-state index contributed by atoms with van der Waals surface area (Å²) < 4.78 is 5.26. The van der Waals surface area contributed by atoms with E-state index in [2.05, 4.69) is 10.2 Å². The molecule has 0 radical (unpaired) electrons. The van der Waals surface area contributed by atoms with Crippen molar-refractivity contribution in [2.75, 3.05) is 45.6 Å². The van der Waals surface area contributed by atoms with Crippen LogP contribution >= 0.6 is 11.8 Å². The van der Waals surface area contributed by atoms with Gasteiger partial charge in [0.1, 0.15) is 5.03 Å². The van der Waals surface area contributed by atoms with Gasteiger partial charge in [-0.3, -0.25) is 15.0 Å². The lowest BCUT2D eigenvalue weighted by molar-refractivity contribution is -0.403. The summed E-state index contributed by atoms with van der Waals surface area (Å²) >= 11 is 1.36. The Balaban J connectivity index is 2.11. The lowest BCUT2D eigenvalue weighted by Crippen LogP contribution is -2.37. The van der Waals surface area contributed by atoms with Crippen LogP contribution in [-0.4, -0.2) is 55.5 Å². The summed E-state index contributed by atoms with van der Waals surface area (Å²) in [7, 11) is 0. The highest BCUT2D eigenvalue weighted by atomic mass is 32.2. The van der Waals surface area contributed by atoms with E-state index in [0.717, 1.165) is 52.0 Å². The van der Waals surface area contributed by atoms with Gasteiger partial charge in [-0.05, 0) is 19.2 Å². The van der Waals surface area contributed by atoms with Gasteiger partial charge in [0.15, 0.2) is 0 Å². The van der Waals surface area contributed by atoms with Crippen molar-refractivity contribution in [1.82, 2.24) is 10.2 Å². The Bertz CT molecular complexity index is 268. The zero-order chi connectivity index (χ0) is 12.5. The Morgan fingerprint density at radius 3 is 2.88 bits per heavy atom. The number of hydrogen-bond acceptors (Lipinski definition) is 6. The summed E-state index contributed by atoms with van der Waals surface area (Å²) in [5, 5.41) is 14.0. The van der Waals surface area contributed by atoms with Gasteiger partial charge in [0.2, 0.25) is 0 Å². The van der Waals surface area contributed by atoms with Crippen LogP contribution in [0.15, 0.2) is 11.2 Å². The highest BCUT2D eigenvalue weighted by Gasteiger charge is 2.09. The molecule has 1 aliphatic heterocycles. The van der Waals surface area contributed by atoms with Crippen molar-refractivity contribution in [3.05, 3.63) is 21.3 Å². The van der Waals surface area contributed by atoms with E-state index < -0.39 is 4.92 Å². The van der Waals surface area contributed by atoms with Gasteiger partial charge < -0.3 is 10.1 Å². The Hall–Kier alpha value is -0.790. The maximum absolute atomic E-state index is 10.3. The molecule has 0 aromatic heterocycles. The first-order valence-electron chi connectivity index (χ1n) is 5.65. The predicted molar refractivity (Wildman–Crippen MR) is 68.5 cm³/mol. The number of nitrogens with one attached hydrogen (secondary N) is 1. The average molecular weight is 261 g/mol. The second kappa shape index (κ2) is 8.32. The third-order valence-electron chi connectivity index (χ3n) is 2.50. The quantitative estimate of drug-likeness (QED) is 0.414. The van der Waals surface area contributed by atoms with E-state index in [9.17, 15) is 10.1 Å². The topological polar surface area (TPSA) is 67.6 Å². The summed E-state index contributed by atoms with van der Waals surface area (Å²) in [5.41, 5.74) is 0. The minimum absolute atomic E-state index is 0.430. The molecule has 0 saturated carbocycles. The van der Waals surface area contributed by atoms with Crippen LogP contribution in [-0.2, 0) is 4.74 Å². The van der Waals surface area contributed by atoms with Crippen molar-refractivity contribution in [3.63, 3.8) is 0 Å². The maximum atomic E-state index is 10.3. The maximum Gasteiger partial charge on any atom is 0.263 e. The molecular weight excluding hydrogens is 242 g/mol. The third kappa shape index (κ3) is 6.50. The van der Waals surface area contributed by atoms with E-state index >= 15 is 0 Å². The lowest BCUT2D eigenvalue weighted by atomic mass is 10.3. The highest BCUT2D eigenvalue weighted by Crippen LogP contribution is 2.07. The molecular formula is C10H19N3O3S. The fourth-order valence-corrected chi connectivity index (χ4v) is 2.04. The Labute approximate surface area is 106 Å². The molecule has 0 spiro atoms. The molecule has 0 bridgehead atoms. The summed E-state index contributed by atoms with van der Waals surface area (Å²) in [6.45, 7) is 5.37. The fraction of sp³-hybridized carbons (Fsp3) is 0.800. The molecule has 17 heavy (non-hydrogen) atoms. The molecule has 1 N–H and O–H groups in total. The Kier molecular flexibility index (Phi) is 6.99. The first-order chi connectivity index (χ1) is 8.22. The fourth-order valence-electron chi connectivity index (χ4n) is 1.61. The van der Waals surface area contributed by atoms with Crippen molar-refractivity contribution < 1.29 is 9.66 Å². The summed E-state index contributed by atoms with van der Waals surface area (Å²) in [6, 6.07) is 0. The van der Waals surface area contributed by atoms with Crippen LogP contribution in [0.1, 0.15) is 6.42 Å². The van der Waals surface area contributed by atoms with E-state index in [-0.39, 0.29) is 0 Å². The lowest BCUT2D eigenvalue weighted by Gasteiger charge is -2.26. The van der Waals surface area contributed by atoms with Crippen LogP contribution in [0.3, 0.4) is 0 Å². The first kappa shape index (κ1) is 14.3. The number of nitrogens with zero attached hydrogens (tertiary/aromatic N) is 2. The van der Waals surface area contributed by atoms with Gasteiger partial charge >= 0.3 is 0 Å². The number of morpholine rings is 1. The summed E-state index contributed by atoms with van der Waals surface area (Å²) in [4.78, 5) is 12.2. The van der Waals surface area contributed by atoms with Gasteiger partial charge in [0.05, 0.1) is 18.1 Å². The van der Waals surface area contributed by atoms with E-state index in [1.807, 2.05) is 6.26 Å². The molecule has 0 unspecified atom stereocenters. The SMILES string of the molecule is CS/C(=C\[N+](=O)[O-])NCCCN1CCOCC1. The van der Waals surface area contributed by atoms with Crippen molar-refractivity contribution >= 4 is 11.8 Å². The number of rotatable bonds is 7. The molecule has 0 aromatic rings. The third-order valence-corrected chi connectivity index (χ3v) is 3.19. The standard InChI is InChI=1S/C10H19N3O3S/c1-17-10(9-13(14)15)11-3-2-4-12-5-7-16-8-6-12/h9,11H,2-8H2,1H3/b10-9-. The molecule has 98 valence electrons. The zero-order valence-electron chi connectivity index (χ0n) is 10.1. The Morgan fingerprint density at radius 2 is 2.29 bits per heavy atom. The average Bonchev–Trinajstić information content (AvgIpc) is 2.34. The molecule has 0 atom stereocenters. The van der Waals surface area contributed by atoms with Crippen molar-refractivity contribution in [1.29, 1.82) is 0 Å². The molecule has 0 amide bonds. The number of hydrogen-bond donors (Lipinski definition) is 1. The summed E-state index contributed by atoms with van der Waals surface area (Å²) in [6.07, 6.45) is 3.82. The van der Waals surface area contributed by atoms with Crippen LogP contribution in [0.4, 0.5) is 0 Å². The largest absolute Gasteiger partial charge is 0.379 e. The molecule has 0 aromatic carbocycles. The van der Waals surface area contributed by atoms with Gasteiger partial charge in [-0.2, -0.15) is 0 Å². The van der Waals surface area contributed by atoms with E-state index in [1.54, 1.807) is 0 Å². The molecule has 1 fully saturated rings. The zero-order valence-corrected chi connectivity index (χ0v) is 10.9. The van der Waals surface area contributed by atoms with Crippen molar-refractivity contribution in [3.8, 4) is 0 Å². The van der Waals surface area contributed by atoms with E-state index in [0.29, 0.717) is 5.03 Å². The molecule has 1 saturated heterocycles. The molecule has 1 heterocycles. The number of ether oxygens (including phenoxy) is 1. The molecule has 1 aliphatic rings. The molecule has 1 rings (SSSR count). The van der Waals surface area contributed by atoms with Gasteiger partial charge in [-0.15, -0.1) is 11.8 Å². The van der Waals surface area contributed by atoms with Gasteiger partial charge in [0, 0.05) is 19.6 Å². The minimum Gasteiger partial charge on any atom is -0.379 e. The first-order valence-corrected chi connectivity index (χ1v) is 6.88. The van der Waals surface area contributed by atoms with Gasteiger partial charge in [-0.25, -0.2) is 0 Å². The molecule has 6 nitrogen and oxygen atoms in total. The summed E-state index contributed by atoms with van der Waals surface area (Å²) in [5.74, 6) is 0. The Morgan fingerprint density at radius 1 is 1.59 bits per heavy atom. The molecule has 0 aliphatic carbocycles. The van der Waals surface area contributed by atoms with Crippen LogP contribution < -0.4 is 5.32 Å². The molecule has 7 heteroatoms. The van der Waals surface area contributed by atoms with Gasteiger partial charge in [-0.1, -0.05) is 0 Å². The van der Waals surface area contributed by atoms with Crippen molar-refractivity contribution in [2.45, 2.75) is 6.42 Å². The smallest absolute Gasteiger partial charge is 0.263 e. The van der Waals surface area contributed by atoms with E-state index in [1.165, 1.54) is 11.8 Å². The number of thioether (sulfide) groups is 1. The van der Waals surface area contributed by atoms with Crippen LogP contribution in [0.2, 0.25) is 0 Å². The van der Waals surface area contributed by atoms with Gasteiger partial charge in [0.25, 0.3) is 6.20 Å². The minimum atomic E-state index is -0.430. The van der Waals surface area contributed by atoms with Crippen molar-refractivity contribution in [2.24, 2.45) is 0 Å². The second-order valence-corrected chi connectivity index (χ2v) is 4.57. The van der Waals surface area contributed by atoms with Crippen LogP contribution in [0.5, 0.6) is 0 Å². The predicted octanol–water partition coefficient (Wildman–Crippen LogP) is 0.737. The highest BCUT2D eigenvalue weighted by molar-refractivity contribution is 8.02. The van der Waals surface area contributed by atoms with Crippen LogP contribution in [0, 0.1) is 10.1 Å². The second-order valence-electron chi connectivity index (χ2n) is 3.72. The number of nitro groups is 1.